The van der Waals surface area contributed by atoms with E-state index in [1.807, 2.05) is 26.0 Å². The Morgan fingerprint density at radius 2 is 1.75 bits per heavy atom. The molecule has 0 spiro atoms. The summed E-state index contributed by atoms with van der Waals surface area (Å²) < 4.78 is 5.14. The van der Waals surface area contributed by atoms with Gasteiger partial charge in [0.05, 0.1) is 13.2 Å². The van der Waals surface area contributed by atoms with Crippen LogP contribution >= 0.6 is 15.9 Å². The molecule has 0 fully saturated rings. The smallest absolute Gasteiger partial charge is 0.119 e. The first-order valence-electron chi connectivity index (χ1n) is 5.08. The zero-order valence-electron chi connectivity index (χ0n) is 9.70. The monoisotopic (exact) mass is 288 g/mol. The van der Waals surface area contributed by atoms with Gasteiger partial charge in [-0.05, 0) is 42.7 Å². The quantitative estimate of drug-likeness (QED) is 0.835. The second kappa shape index (κ2) is 5.66. The molecule has 0 radical (unpaired) electrons. The van der Waals surface area contributed by atoms with E-state index in [2.05, 4.69) is 15.9 Å². The molecule has 0 saturated carbocycles. The van der Waals surface area contributed by atoms with Crippen LogP contribution in [0.4, 0.5) is 0 Å². The number of aliphatic hydroxyl groups is 2. The fraction of sp³-hybridized carbons (Fsp3) is 0.500. The topological polar surface area (TPSA) is 49.7 Å². The first-order chi connectivity index (χ1) is 7.51. The molecular formula is C12H17BrO3. The predicted molar refractivity (Wildman–Crippen MR) is 67.2 cm³/mol. The van der Waals surface area contributed by atoms with E-state index in [1.165, 1.54) is 0 Å². The zero-order chi connectivity index (χ0) is 12.3. The highest BCUT2D eigenvalue weighted by atomic mass is 79.9. The van der Waals surface area contributed by atoms with Crippen molar-refractivity contribution >= 4 is 15.9 Å². The first-order valence-corrected chi connectivity index (χ1v) is 6.20. The Bertz CT molecular complexity index is 342. The average molecular weight is 289 g/mol. The van der Waals surface area contributed by atoms with Gasteiger partial charge in [0.2, 0.25) is 0 Å². The standard InChI is InChI=1S/C12H17BrO3/c1-7-4-9(16-3)5-8(2)11(7)12(15)10(14)6-13/h4-5,10,12,14-15H,6H2,1-3H3. The largest absolute Gasteiger partial charge is 0.497 e. The Morgan fingerprint density at radius 1 is 1.25 bits per heavy atom. The molecular weight excluding hydrogens is 272 g/mol. The fourth-order valence-corrected chi connectivity index (χ4v) is 2.15. The van der Waals surface area contributed by atoms with Gasteiger partial charge in [-0.25, -0.2) is 0 Å². The Labute approximate surface area is 104 Å². The molecule has 2 atom stereocenters. The van der Waals surface area contributed by atoms with Crippen molar-refractivity contribution in [3.8, 4) is 5.75 Å². The highest BCUT2D eigenvalue weighted by Crippen LogP contribution is 2.29. The van der Waals surface area contributed by atoms with Crippen molar-refractivity contribution in [2.75, 3.05) is 12.4 Å². The second-order valence-corrected chi connectivity index (χ2v) is 4.49. The molecule has 0 aliphatic rings. The van der Waals surface area contributed by atoms with Crippen molar-refractivity contribution in [2.45, 2.75) is 26.1 Å². The SMILES string of the molecule is COc1cc(C)c(C(O)C(O)CBr)c(C)c1. The molecule has 0 aliphatic carbocycles. The summed E-state index contributed by atoms with van der Waals surface area (Å²) in [6.45, 7) is 3.80. The van der Waals surface area contributed by atoms with E-state index < -0.39 is 12.2 Å². The Balaban J connectivity index is 3.14. The lowest BCUT2D eigenvalue weighted by atomic mass is 9.95. The second-order valence-electron chi connectivity index (χ2n) is 3.84. The van der Waals surface area contributed by atoms with Crippen LogP contribution in [0.25, 0.3) is 0 Å². The third-order valence-corrected chi connectivity index (χ3v) is 3.28. The third kappa shape index (κ3) is 2.75. The molecule has 0 amide bonds. The van der Waals surface area contributed by atoms with E-state index in [-0.39, 0.29) is 0 Å². The molecule has 90 valence electrons. The summed E-state index contributed by atoms with van der Waals surface area (Å²) in [5, 5.41) is 20.0. The van der Waals surface area contributed by atoms with Crippen molar-refractivity contribution in [3.63, 3.8) is 0 Å². The summed E-state index contributed by atoms with van der Waals surface area (Å²) in [6, 6.07) is 3.71. The molecule has 1 aromatic rings. The lowest BCUT2D eigenvalue weighted by Crippen LogP contribution is -2.21. The maximum Gasteiger partial charge on any atom is 0.119 e. The number of benzene rings is 1. The van der Waals surface area contributed by atoms with E-state index in [0.29, 0.717) is 5.33 Å². The highest BCUT2D eigenvalue weighted by Gasteiger charge is 2.21. The van der Waals surface area contributed by atoms with Gasteiger partial charge in [-0.15, -0.1) is 0 Å². The van der Waals surface area contributed by atoms with Crippen molar-refractivity contribution in [1.82, 2.24) is 0 Å². The molecule has 0 saturated heterocycles. The normalized spacial score (nSPS) is 14.6. The Hall–Kier alpha value is -0.580. The molecule has 1 rings (SSSR count). The molecule has 16 heavy (non-hydrogen) atoms. The van der Waals surface area contributed by atoms with Gasteiger partial charge >= 0.3 is 0 Å². The minimum atomic E-state index is -0.870. The van der Waals surface area contributed by atoms with Gasteiger partial charge in [0.1, 0.15) is 11.9 Å². The maximum absolute atomic E-state index is 9.99. The number of aryl methyl sites for hydroxylation is 2. The van der Waals surface area contributed by atoms with Crippen molar-refractivity contribution in [3.05, 3.63) is 28.8 Å². The number of alkyl halides is 1. The van der Waals surface area contributed by atoms with Gasteiger partial charge in [-0.3, -0.25) is 0 Å². The lowest BCUT2D eigenvalue weighted by molar-refractivity contribution is 0.0334. The van der Waals surface area contributed by atoms with Gasteiger partial charge in [0.25, 0.3) is 0 Å². The summed E-state index contributed by atoms with van der Waals surface area (Å²) in [4.78, 5) is 0. The van der Waals surface area contributed by atoms with Crippen LogP contribution in [0.1, 0.15) is 22.8 Å². The summed E-state index contributed by atoms with van der Waals surface area (Å²) in [7, 11) is 1.61. The number of ether oxygens (including phenoxy) is 1. The number of aliphatic hydroxyl groups excluding tert-OH is 2. The van der Waals surface area contributed by atoms with Crippen LogP contribution in [0.5, 0.6) is 5.75 Å². The number of hydrogen-bond donors (Lipinski definition) is 2. The average Bonchev–Trinajstić information content (AvgIpc) is 2.26. The van der Waals surface area contributed by atoms with Gasteiger partial charge in [0.15, 0.2) is 0 Å². The molecule has 2 N–H and O–H groups in total. The number of halogens is 1. The molecule has 2 unspecified atom stereocenters. The van der Waals surface area contributed by atoms with Crippen LogP contribution in [0.3, 0.4) is 0 Å². The van der Waals surface area contributed by atoms with Crippen molar-refractivity contribution in [2.24, 2.45) is 0 Å². The summed E-state index contributed by atoms with van der Waals surface area (Å²) >= 11 is 3.16. The number of rotatable bonds is 4. The Kier molecular flexibility index (Phi) is 4.77. The first kappa shape index (κ1) is 13.5. The Morgan fingerprint density at radius 3 is 2.12 bits per heavy atom. The molecule has 1 aromatic carbocycles. The van der Waals surface area contributed by atoms with Crippen molar-refractivity contribution in [1.29, 1.82) is 0 Å². The predicted octanol–water partition coefficient (Wildman–Crippen LogP) is 2.10. The number of hydrogen-bond acceptors (Lipinski definition) is 3. The van der Waals surface area contributed by atoms with Crippen LogP contribution in [0.2, 0.25) is 0 Å². The molecule has 0 heterocycles. The van der Waals surface area contributed by atoms with E-state index >= 15 is 0 Å². The summed E-state index contributed by atoms with van der Waals surface area (Å²) in [6.07, 6.45) is -1.67. The van der Waals surface area contributed by atoms with Gasteiger partial charge < -0.3 is 14.9 Å². The molecule has 3 nitrogen and oxygen atoms in total. The summed E-state index contributed by atoms with van der Waals surface area (Å²) in [5.41, 5.74) is 2.61. The van der Waals surface area contributed by atoms with Gasteiger partial charge in [-0.1, -0.05) is 15.9 Å². The van der Waals surface area contributed by atoms with Crippen LogP contribution in [0.15, 0.2) is 12.1 Å². The van der Waals surface area contributed by atoms with Gasteiger partial charge in [-0.2, -0.15) is 0 Å². The maximum atomic E-state index is 9.99. The highest BCUT2D eigenvalue weighted by molar-refractivity contribution is 9.09. The van der Waals surface area contributed by atoms with E-state index in [9.17, 15) is 10.2 Å². The van der Waals surface area contributed by atoms with E-state index in [1.54, 1.807) is 7.11 Å². The fourth-order valence-electron chi connectivity index (χ4n) is 1.80. The van der Waals surface area contributed by atoms with Crippen LogP contribution in [0, 0.1) is 13.8 Å². The van der Waals surface area contributed by atoms with E-state index in [0.717, 1.165) is 22.4 Å². The van der Waals surface area contributed by atoms with Crippen LogP contribution in [-0.2, 0) is 0 Å². The number of methoxy groups -OCH3 is 1. The third-order valence-electron chi connectivity index (χ3n) is 2.62. The minimum absolute atomic E-state index is 0.346. The van der Waals surface area contributed by atoms with Crippen LogP contribution in [-0.4, -0.2) is 28.8 Å². The summed E-state index contributed by atoms with van der Waals surface area (Å²) in [5.74, 6) is 0.763. The minimum Gasteiger partial charge on any atom is -0.497 e. The molecule has 0 aromatic heterocycles. The molecule has 4 heteroatoms. The van der Waals surface area contributed by atoms with E-state index in [4.69, 9.17) is 4.74 Å². The molecule has 0 aliphatic heterocycles. The van der Waals surface area contributed by atoms with Gasteiger partial charge in [0, 0.05) is 5.33 Å². The zero-order valence-corrected chi connectivity index (χ0v) is 11.3. The lowest BCUT2D eigenvalue weighted by Gasteiger charge is -2.21. The molecule has 0 bridgehead atoms. The van der Waals surface area contributed by atoms with Crippen LogP contribution < -0.4 is 4.74 Å². The van der Waals surface area contributed by atoms with Crippen molar-refractivity contribution < 1.29 is 14.9 Å².